The van der Waals surface area contributed by atoms with Crippen LogP contribution in [0.3, 0.4) is 0 Å². The summed E-state index contributed by atoms with van der Waals surface area (Å²) < 4.78 is 10.6. The van der Waals surface area contributed by atoms with Crippen LogP contribution in [0.1, 0.15) is 5.56 Å². The molecule has 0 radical (unpaired) electrons. The second-order valence-electron chi connectivity index (χ2n) is 5.78. The first kappa shape index (κ1) is 16.0. The van der Waals surface area contributed by atoms with Gasteiger partial charge in [-0.25, -0.2) is 4.98 Å². The lowest BCUT2D eigenvalue weighted by Crippen LogP contribution is -2.02. The predicted octanol–water partition coefficient (Wildman–Crippen LogP) is 4.22. The van der Waals surface area contributed by atoms with Gasteiger partial charge in [-0.15, -0.1) is 0 Å². The standard InChI is InChI=1S/C20H17N3O3/c1-25-19-8-15(20-11-21-12-26-20)17(9-18(19)24)23-10-13-6-7-22-16-5-3-2-4-14(13)16/h2-9,11-12,23-24H,10H2,1H3. The number of hydrogen-bond donors (Lipinski definition) is 2. The van der Waals surface area contributed by atoms with E-state index in [2.05, 4.69) is 15.3 Å². The smallest absolute Gasteiger partial charge is 0.181 e. The summed E-state index contributed by atoms with van der Waals surface area (Å²) in [6.07, 6.45) is 4.79. The summed E-state index contributed by atoms with van der Waals surface area (Å²) in [6.45, 7) is 0.565. The Kier molecular flexibility index (Phi) is 4.15. The quantitative estimate of drug-likeness (QED) is 0.563. The van der Waals surface area contributed by atoms with Crippen LogP contribution in [-0.4, -0.2) is 22.2 Å². The first-order valence-electron chi connectivity index (χ1n) is 8.12. The molecule has 0 saturated heterocycles. The number of pyridine rings is 1. The summed E-state index contributed by atoms with van der Waals surface area (Å²) in [7, 11) is 1.51. The van der Waals surface area contributed by atoms with Crippen LogP contribution in [0.4, 0.5) is 5.69 Å². The molecule has 2 N–H and O–H groups in total. The van der Waals surface area contributed by atoms with E-state index in [9.17, 15) is 5.11 Å². The van der Waals surface area contributed by atoms with Gasteiger partial charge in [-0.2, -0.15) is 0 Å². The molecular formula is C20H17N3O3. The van der Waals surface area contributed by atoms with Gasteiger partial charge in [0.25, 0.3) is 0 Å². The summed E-state index contributed by atoms with van der Waals surface area (Å²) in [5.74, 6) is 1.01. The second kappa shape index (κ2) is 6.76. The predicted molar refractivity (Wildman–Crippen MR) is 99.2 cm³/mol. The summed E-state index contributed by atoms with van der Waals surface area (Å²) in [5.41, 5.74) is 3.53. The van der Waals surface area contributed by atoms with E-state index in [1.807, 2.05) is 30.3 Å². The molecule has 0 aliphatic carbocycles. The number of fused-ring (bicyclic) bond motifs is 1. The molecule has 2 heterocycles. The molecule has 0 spiro atoms. The molecule has 0 saturated carbocycles. The van der Waals surface area contributed by atoms with Crippen molar-refractivity contribution in [2.45, 2.75) is 6.54 Å². The number of methoxy groups -OCH3 is 1. The molecule has 26 heavy (non-hydrogen) atoms. The van der Waals surface area contributed by atoms with E-state index in [0.29, 0.717) is 18.1 Å². The Balaban J connectivity index is 1.70. The number of aromatic hydroxyl groups is 1. The molecular weight excluding hydrogens is 330 g/mol. The monoisotopic (exact) mass is 347 g/mol. The van der Waals surface area contributed by atoms with E-state index in [1.54, 1.807) is 24.5 Å². The lowest BCUT2D eigenvalue weighted by molar-refractivity contribution is 0.373. The number of phenols is 1. The number of nitrogens with one attached hydrogen (secondary N) is 1. The largest absolute Gasteiger partial charge is 0.504 e. The van der Waals surface area contributed by atoms with Gasteiger partial charge in [0.05, 0.1) is 18.8 Å². The highest BCUT2D eigenvalue weighted by molar-refractivity contribution is 5.83. The van der Waals surface area contributed by atoms with Crippen molar-refractivity contribution >= 4 is 16.6 Å². The average molecular weight is 347 g/mol. The van der Waals surface area contributed by atoms with Gasteiger partial charge in [0, 0.05) is 35.4 Å². The molecule has 0 unspecified atom stereocenters. The van der Waals surface area contributed by atoms with E-state index in [1.165, 1.54) is 13.5 Å². The third-order valence-corrected chi connectivity index (χ3v) is 4.23. The van der Waals surface area contributed by atoms with Crippen molar-refractivity contribution in [3.8, 4) is 22.8 Å². The summed E-state index contributed by atoms with van der Waals surface area (Å²) in [5, 5.41) is 14.6. The normalized spacial score (nSPS) is 10.8. The molecule has 0 bridgehead atoms. The van der Waals surface area contributed by atoms with Crippen LogP contribution in [-0.2, 0) is 6.54 Å². The number of ether oxygens (including phenoxy) is 1. The maximum absolute atomic E-state index is 10.2. The molecule has 0 amide bonds. The lowest BCUT2D eigenvalue weighted by Gasteiger charge is -2.14. The number of para-hydroxylation sites is 1. The van der Waals surface area contributed by atoms with Crippen molar-refractivity contribution in [2.24, 2.45) is 0 Å². The zero-order chi connectivity index (χ0) is 17.9. The minimum Gasteiger partial charge on any atom is -0.504 e. The molecule has 2 aromatic heterocycles. The highest BCUT2D eigenvalue weighted by atomic mass is 16.5. The number of benzene rings is 2. The number of rotatable bonds is 5. The Morgan fingerprint density at radius 1 is 1.19 bits per heavy atom. The molecule has 0 aliphatic rings. The Morgan fingerprint density at radius 2 is 2.08 bits per heavy atom. The number of aromatic nitrogens is 2. The van der Waals surface area contributed by atoms with Gasteiger partial charge in [0.15, 0.2) is 23.7 Å². The van der Waals surface area contributed by atoms with E-state index in [0.717, 1.165) is 27.7 Å². The van der Waals surface area contributed by atoms with Gasteiger partial charge in [-0.05, 0) is 23.8 Å². The lowest BCUT2D eigenvalue weighted by atomic mass is 10.1. The Bertz CT molecular complexity index is 1040. The van der Waals surface area contributed by atoms with Crippen molar-refractivity contribution in [1.82, 2.24) is 9.97 Å². The van der Waals surface area contributed by atoms with Crippen LogP contribution in [0.25, 0.3) is 22.2 Å². The molecule has 4 rings (SSSR count). The Morgan fingerprint density at radius 3 is 2.88 bits per heavy atom. The van der Waals surface area contributed by atoms with E-state index < -0.39 is 0 Å². The molecule has 0 atom stereocenters. The van der Waals surface area contributed by atoms with Crippen LogP contribution in [0, 0.1) is 0 Å². The number of phenolic OH excluding ortho intramolecular Hbond substituents is 1. The fraction of sp³-hybridized carbons (Fsp3) is 0.100. The van der Waals surface area contributed by atoms with Crippen molar-refractivity contribution in [1.29, 1.82) is 0 Å². The number of nitrogens with zero attached hydrogens (tertiary/aromatic N) is 2. The van der Waals surface area contributed by atoms with Gasteiger partial charge in [0.1, 0.15) is 0 Å². The van der Waals surface area contributed by atoms with Crippen molar-refractivity contribution in [3.63, 3.8) is 0 Å². The van der Waals surface area contributed by atoms with E-state index in [-0.39, 0.29) is 5.75 Å². The van der Waals surface area contributed by atoms with Gasteiger partial charge >= 0.3 is 0 Å². The second-order valence-corrected chi connectivity index (χ2v) is 5.78. The third kappa shape index (κ3) is 2.93. The first-order valence-corrected chi connectivity index (χ1v) is 8.12. The van der Waals surface area contributed by atoms with E-state index in [4.69, 9.17) is 9.15 Å². The summed E-state index contributed by atoms with van der Waals surface area (Å²) in [6, 6.07) is 13.3. The topological polar surface area (TPSA) is 80.4 Å². The van der Waals surface area contributed by atoms with E-state index >= 15 is 0 Å². The zero-order valence-electron chi connectivity index (χ0n) is 14.1. The van der Waals surface area contributed by atoms with Crippen molar-refractivity contribution in [3.05, 3.63) is 66.8 Å². The van der Waals surface area contributed by atoms with Crippen molar-refractivity contribution in [2.75, 3.05) is 12.4 Å². The van der Waals surface area contributed by atoms with Gasteiger partial charge in [-0.3, -0.25) is 4.98 Å². The van der Waals surface area contributed by atoms with Gasteiger partial charge < -0.3 is 19.6 Å². The fourth-order valence-electron chi connectivity index (χ4n) is 2.93. The Labute approximate surface area is 150 Å². The van der Waals surface area contributed by atoms with Crippen LogP contribution in [0.2, 0.25) is 0 Å². The molecule has 0 aliphatic heterocycles. The number of hydrogen-bond acceptors (Lipinski definition) is 6. The van der Waals surface area contributed by atoms with Crippen LogP contribution in [0.5, 0.6) is 11.5 Å². The Hall–Kier alpha value is -3.54. The summed E-state index contributed by atoms with van der Waals surface area (Å²) >= 11 is 0. The highest BCUT2D eigenvalue weighted by Gasteiger charge is 2.14. The fourth-order valence-corrected chi connectivity index (χ4v) is 2.93. The minimum absolute atomic E-state index is 0.0536. The highest BCUT2D eigenvalue weighted by Crippen LogP contribution is 2.38. The van der Waals surface area contributed by atoms with Crippen LogP contribution in [0.15, 0.2) is 65.7 Å². The van der Waals surface area contributed by atoms with Crippen LogP contribution < -0.4 is 10.1 Å². The third-order valence-electron chi connectivity index (χ3n) is 4.23. The van der Waals surface area contributed by atoms with Gasteiger partial charge in [0.2, 0.25) is 0 Å². The molecule has 6 heteroatoms. The molecule has 130 valence electrons. The molecule has 6 nitrogen and oxygen atoms in total. The molecule has 0 fully saturated rings. The number of anilines is 1. The SMILES string of the molecule is COc1cc(-c2cnco2)c(NCc2ccnc3ccccc23)cc1O. The minimum atomic E-state index is 0.0536. The maximum atomic E-state index is 10.2. The van der Waals surface area contributed by atoms with Gasteiger partial charge in [-0.1, -0.05) is 18.2 Å². The first-order chi connectivity index (χ1) is 12.8. The molecule has 2 aromatic carbocycles. The summed E-state index contributed by atoms with van der Waals surface area (Å²) in [4.78, 5) is 8.36. The van der Waals surface area contributed by atoms with Crippen LogP contribution >= 0.6 is 0 Å². The zero-order valence-corrected chi connectivity index (χ0v) is 14.1. The number of oxazole rings is 1. The average Bonchev–Trinajstić information content (AvgIpc) is 3.21. The maximum Gasteiger partial charge on any atom is 0.181 e. The van der Waals surface area contributed by atoms with Crippen molar-refractivity contribution < 1.29 is 14.3 Å². The molecule has 4 aromatic rings.